The second-order valence-corrected chi connectivity index (χ2v) is 6.99. The molecule has 154 valence electrons. The molecule has 1 unspecified atom stereocenters. The van der Waals surface area contributed by atoms with Gasteiger partial charge in [-0.15, -0.1) is 11.6 Å². The fourth-order valence-corrected chi connectivity index (χ4v) is 3.35. The highest BCUT2D eigenvalue weighted by Gasteiger charge is 2.26. The SMILES string of the molecule is O=C(CCl)Nc1ccc(Oc2ccc3c(c2)CCC(c2c(F)cccc2F)O3)nc1. The van der Waals surface area contributed by atoms with Crippen molar-refractivity contribution in [3.8, 4) is 17.4 Å². The minimum atomic E-state index is -0.678. The number of nitrogens with zero attached hydrogens (tertiary/aromatic N) is 1. The lowest BCUT2D eigenvalue weighted by atomic mass is 9.96. The molecule has 0 fully saturated rings. The van der Waals surface area contributed by atoms with Crippen LogP contribution in [-0.4, -0.2) is 16.8 Å². The number of nitrogens with one attached hydrogen (secondary N) is 1. The molecular formula is C22H17ClF2N2O3. The molecule has 2 heterocycles. The van der Waals surface area contributed by atoms with Crippen molar-refractivity contribution >= 4 is 23.2 Å². The van der Waals surface area contributed by atoms with Crippen LogP contribution in [0.1, 0.15) is 23.7 Å². The average molecular weight is 431 g/mol. The van der Waals surface area contributed by atoms with Gasteiger partial charge in [-0.05, 0) is 54.8 Å². The van der Waals surface area contributed by atoms with Crippen molar-refractivity contribution in [1.29, 1.82) is 0 Å². The quantitative estimate of drug-likeness (QED) is 0.551. The summed E-state index contributed by atoms with van der Waals surface area (Å²) in [6.45, 7) is 0. The first-order chi connectivity index (χ1) is 14.5. The summed E-state index contributed by atoms with van der Waals surface area (Å²) >= 11 is 5.45. The largest absolute Gasteiger partial charge is 0.485 e. The van der Waals surface area contributed by atoms with Gasteiger partial charge in [0.1, 0.15) is 35.1 Å². The number of fused-ring (bicyclic) bond motifs is 1. The highest BCUT2D eigenvalue weighted by atomic mass is 35.5. The molecule has 1 amide bonds. The van der Waals surface area contributed by atoms with Crippen LogP contribution >= 0.6 is 11.6 Å². The van der Waals surface area contributed by atoms with Gasteiger partial charge >= 0.3 is 0 Å². The van der Waals surface area contributed by atoms with E-state index in [1.165, 1.54) is 24.4 Å². The van der Waals surface area contributed by atoms with Gasteiger partial charge in [-0.3, -0.25) is 4.79 Å². The van der Waals surface area contributed by atoms with Gasteiger partial charge in [0.15, 0.2) is 0 Å². The maximum absolute atomic E-state index is 14.1. The van der Waals surface area contributed by atoms with Crippen molar-refractivity contribution in [3.05, 3.63) is 77.5 Å². The number of anilines is 1. The summed E-state index contributed by atoms with van der Waals surface area (Å²) < 4.78 is 39.7. The molecule has 0 bridgehead atoms. The normalized spacial score (nSPS) is 15.1. The molecule has 1 N–H and O–H groups in total. The predicted octanol–water partition coefficient (Wildman–Crippen LogP) is 5.40. The lowest BCUT2D eigenvalue weighted by molar-refractivity contribution is -0.113. The Bertz CT molecular complexity index is 1060. The summed E-state index contributed by atoms with van der Waals surface area (Å²) in [5.74, 6) is -0.219. The van der Waals surface area contributed by atoms with E-state index in [1.807, 2.05) is 6.07 Å². The lowest BCUT2D eigenvalue weighted by Crippen LogP contribution is -2.17. The number of rotatable bonds is 5. The molecule has 2 aromatic carbocycles. The Morgan fingerprint density at radius 3 is 2.70 bits per heavy atom. The average Bonchev–Trinajstić information content (AvgIpc) is 2.75. The Hall–Kier alpha value is -3.19. The standard InChI is InChI=1S/C22H17ClF2N2O3/c23-11-20(28)27-14-5-9-21(26-12-14)29-15-6-8-18-13(10-15)4-7-19(30-18)22-16(24)2-1-3-17(22)25/h1-3,5-6,8-10,12,19H,4,7,11H2,(H,27,28). The van der Waals surface area contributed by atoms with E-state index < -0.39 is 17.7 Å². The van der Waals surface area contributed by atoms with Crippen LogP contribution in [0.15, 0.2) is 54.7 Å². The maximum Gasteiger partial charge on any atom is 0.239 e. The summed E-state index contributed by atoms with van der Waals surface area (Å²) in [4.78, 5) is 15.4. The highest BCUT2D eigenvalue weighted by Crippen LogP contribution is 2.38. The highest BCUT2D eigenvalue weighted by molar-refractivity contribution is 6.29. The van der Waals surface area contributed by atoms with Crippen molar-refractivity contribution in [2.75, 3.05) is 11.2 Å². The summed E-state index contributed by atoms with van der Waals surface area (Å²) in [7, 11) is 0. The van der Waals surface area contributed by atoms with E-state index in [1.54, 1.807) is 24.3 Å². The third kappa shape index (κ3) is 4.36. The van der Waals surface area contributed by atoms with Crippen LogP contribution in [0.2, 0.25) is 0 Å². The maximum atomic E-state index is 14.1. The molecule has 0 saturated heterocycles. The molecule has 1 aromatic heterocycles. The third-order valence-corrected chi connectivity index (χ3v) is 4.91. The van der Waals surface area contributed by atoms with Gasteiger partial charge in [-0.1, -0.05) is 6.07 Å². The number of pyridine rings is 1. The smallest absolute Gasteiger partial charge is 0.239 e. The number of ether oxygens (including phenoxy) is 2. The number of alkyl halides is 1. The van der Waals surface area contributed by atoms with Crippen molar-refractivity contribution in [1.82, 2.24) is 4.98 Å². The van der Waals surface area contributed by atoms with E-state index in [9.17, 15) is 13.6 Å². The predicted molar refractivity (Wildman–Crippen MR) is 108 cm³/mol. The van der Waals surface area contributed by atoms with E-state index >= 15 is 0 Å². The molecule has 0 radical (unpaired) electrons. The Kier molecular flexibility index (Phi) is 5.81. The van der Waals surface area contributed by atoms with E-state index in [4.69, 9.17) is 21.1 Å². The molecule has 0 saturated carbocycles. The monoisotopic (exact) mass is 430 g/mol. The number of halogens is 3. The Labute approximate surface area is 176 Å². The van der Waals surface area contributed by atoms with Crippen molar-refractivity contribution in [2.24, 2.45) is 0 Å². The molecule has 8 heteroatoms. The summed E-state index contributed by atoms with van der Waals surface area (Å²) in [6, 6.07) is 12.3. The molecule has 1 aliphatic heterocycles. The van der Waals surface area contributed by atoms with Gasteiger partial charge in [-0.2, -0.15) is 0 Å². The minimum absolute atomic E-state index is 0.0472. The molecule has 5 nitrogen and oxygen atoms in total. The Balaban J connectivity index is 1.46. The lowest BCUT2D eigenvalue weighted by Gasteiger charge is -2.27. The van der Waals surface area contributed by atoms with Gasteiger partial charge in [0, 0.05) is 6.07 Å². The first kappa shape index (κ1) is 20.1. The molecule has 3 aromatic rings. The number of aryl methyl sites for hydroxylation is 1. The van der Waals surface area contributed by atoms with Gasteiger partial charge in [0.05, 0.1) is 17.4 Å². The number of carbonyl (C=O) groups excluding carboxylic acids is 1. The molecule has 1 atom stereocenters. The summed E-state index contributed by atoms with van der Waals surface area (Å²) in [6.07, 6.45) is 1.82. The molecular weight excluding hydrogens is 414 g/mol. The zero-order chi connectivity index (χ0) is 21.1. The molecule has 30 heavy (non-hydrogen) atoms. The fourth-order valence-electron chi connectivity index (χ4n) is 3.28. The third-order valence-electron chi connectivity index (χ3n) is 4.66. The number of hydrogen-bond acceptors (Lipinski definition) is 4. The second-order valence-electron chi connectivity index (χ2n) is 6.72. The summed E-state index contributed by atoms with van der Waals surface area (Å²) in [5.41, 5.74) is 1.35. The second kappa shape index (κ2) is 8.67. The number of hydrogen-bond donors (Lipinski definition) is 1. The van der Waals surface area contributed by atoms with Crippen LogP contribution in [0.25, 0.3) is 0 Å². The summed E-state index contributed by atoms with van der Waals surface area (Å²) in [5, 5.41) is 2.59. The molecule has 4 rings (SSSR count). The van der Waals surface area contributed by atoms with E-state index in [-0.39, 0.29) is 17.4 Å². The van der Waals surface area contributed by atoms with Crippen LogP contribution in [0.4, 0.5) is 14.5 Å². The van der Waals surface area contributed by atoms with Crippen LogP contribution in [0, 0.1) is 11.6 Å². The van der Waals surface area contributed by atoms with Crippen LogP contribution < -0.4 is 14.8 Å². The van der Waals surface area contributed by atoms with E-state index in [2.05, 4.69) is 10.3 Å². The Morgan fingerprint density at radius 2 is 2.00 bits per heavy atom. The zero-order valence-corrected chi connectivity index (χ0v) is 16.5. The van der Waals surface area contributed by atoms with Crippen LogP contribution in [-0.2, 0) is 11.2 Å². The first-order valence-corrected chi connectivity index (χ1v) is 9.80. The van der Waals surface area contributed by atoms with Gasteiger partial charge in [0.25, 0.3) is 0 Å². The van der Waals surface area contributed by atoms with Crippen LogP contribution in [0.5, 0.6) is 17.4 Å². The van der Waals surface area contributed by atoms with Crippen molar-refractivity contribution in [2.45, 2.75) is 18.9 Å². The number of aromatic nitrogens is 1. The van der Waals surface area contributed by atoms with Gasteiger partial charge < -0.3 is 14.8 Å². The minimum Gasteiger partial charge on any atom is -0.485 e. The van der Waals surface area contributed by atoms with E-state index in [0.29, 0.717) is 35.9 Å². The van der Waals surface area contributed by atoms with Gasteiger partial charge in [0.2, 0.25) is 11.8 Å². The van der Waals surface area contributed by atoms with E-state index in [0.717, 1.165) is 5.56 Å². The topological polar surface area (TPSA) is 60.5 Å². The molecule has 1 aliphatic rings. The van der Waals surface area contributed by atoms with Crippen LogP contribution in [0.3, 0.4) is 0 Å². The zero-order valence-electron chi connectivity index (χ0n) is 15.7. The van der Waals surface area contributed by atoms with Crippen molar-refractivity contribution in [3.63, 3.8) is 0 Å². The number of amides is 1. The number of benzene rings is 2. The number of carbonyl (C=O) groups is 1. The Morgan fingerprint density at radius 1 is 1.20 bits per heavy atom. The van der Waals surface area contributed by atoms with Crippen molar-refractivity contribution < 1.29 is 23.0 Å². The molecule has 0 spiro atoms. The molecule has 0 aliphatic carbocycles. The fraction of sp³-hybridized carbons (Fsp3) is 0.182. The first-order valence-electron chi connectivity index (χ1n) is 9.26. The van der Waals surface area contributed by atoms with Gasteiger partial charge in [-0.25, -0.2) is 13.8 Å².